The van der Waals surface area contributed by atoms with Gasteiger partial charge in [-0.2, -0.15) is 0 Å². The molecule has 0 heterocycles. The van der Waals surface area contributed by atoms with E-state index in [2.05, 4.69) is 37.4 Å². The number of para-hydroxylation sites is 2. The highest BCUT2D eigenvalue weighted by atomic mass is 16.5. The largest absolute Gasteiger partial charge is 0.491 e. The van der Waals surface area contributed by atoms with Gasteiger partial charge in [-0.3, -0.25) is 0 Å². The Morgan fingerprint density at radius 2 is 2.06 bits per heavy atom. The molecule has 2 rings (SSSR count). The van der Waals surface area contributed by atoms with E-state index in [9.17, 15) is 0 Å². The first kappa shape index (κ1) is 13.3. The lowest BCUT2D eigenvalue weighted by Crippen LogP contribution is -2.16. The average Bonchev–Trinajstić information content (AvgIpc) is 2.85. The Morgan fingerprint density at radius 1 is 1.22 bits per heavy atom. The Bertz CT molecular complexity index is 364. The molecule has 0 aromatic heterocycles. The molecule has 1 N–H and O–H groups in total. The maximum Gasteiger partial charge on any atom is 0.142 e. The van der Waals surface area contributed by atoms with Gasteiger partial charge in [0.2, 0.25) is 0 Å². The van der Waals surface area contributed by atoms with Crippen LogP contribution in [0.25, 0.3) is 0 Å². The summed E-state index contributed by atoms with van der Waals surface area (Å²) < 4.78 is 5.79. The summed E-state index contributed by atoms with van der Waals surface area (Å²) in [7, 11) is 0. The molecule has 100 valence electrons. The molecule has 1 aromatic carbocycles. The topological polar surface area (TPSA) is 21.3 Å². The van der Waals surface area contributed by atoms with Crippen LogP contribution in [0.2, 0.25) is 0 Å². The first-order valence-electron chi connectivity index (χ1n) is 7.31. The van der Waals surface area contributed by atoms with Gasteiger partial charge in [-0.15, -0.1) is 0 Å². The van der Waals surface area contributed by atoms with Crippen molar-refractivity contribution in [2.45, 2.75) is 52.0 Å². The summed E-state index contributed by atoms with van der Waals surface area (Å²) in [5, 5.41) is 3.66. The summed E-state index contributed by atoms with van der Waals surface area (Å²) in [5.74, 6) is 1.91. The Morgan fingerprint density at radius 3 is 2.78 bits per heavy atom. The molecule has 0 saturated heterocycles. The van der Waals surface area contributed by atoms with Crippen molar-refractivity contribution in [3.63, 3.8) is 0 Å². The Labute approximate surface area is 111 Å². The molecule has 1 aromatic rings. The Balaban J connectivity index is 1.96. The summed E-state index contributed by atoms with van der Waals surface area (Å²) in [6.07, 6.45) is 6.33. The van der Waals surface area contributed by atoms with E-state index in [1.807, 2.05) is 6.07 Å². The van der Waals surface area contributed by atoms with Crippen molar-refractivity contribution in [2.24, 2.45) is 5.92 Å². The summed E-state index contributed by atoms with van der Waals surface area (Å²) in [6.45, 7) is 5.23. The van der Waals surface area contributed by atoms with E-state index in [1.54, 1.807) is 0 Å². The molecule has 2 unspecified atom stereocenters. The van der Waals surface area contributed by atoms with Gasteiger partial charge in [-0.25, -0.2) is 0 Å². The SMILES string of the molecule is CCCOc1ccccc1NC1CCC(CC)C1. The molecule has 1 saturated carbocycles. The Kier molecular flexibility index (Phi) is 4.91. The van der Waals surface area contributed by atoms with E-state index in [0.717, 1.165) is 30.4 Å². The van der Waals surface area contributed by atoms with Gasteiger partial charge in [0.25, 0.3) is 0 Å². The number of rotatable bonds is 6. The van der Waals surface area contributed by atoms with Gasteiger partial charge >= 0.3 is 0 Å². The number of ether oxygens (including phenoxy) is 1. The van der Waals surface area contributed by atoms with Crippen molar-refractivity contribution < 1.29 is 4.74 Å². The fourth-order valence-electron chi connectivity index (χ4n) is 2.72. The smallest absolute Gasteiger partial charge is 0.142 e. The molecule has 0 bridgehead atoms. The number of anilines is 1. The van der Waals surface area contributed by atoms with Crippen molar-refractivity contribution in [1.29, 1.82) is 0 Å². The summed E-state index contributed by atoms with van der Waals surface area (Å²) in [5.41, 5.74) is 1.16. The van der Waals surface area contributed by atoms with Crippen LogP contribution in [0.15, 0.2) is 24.3 Å². The molecule has 1 aliphatic rings. The molecule has 0 spiro atoms. The second kappa shape index (κ2) is 6.67. The van der Waals surface area contributed by atoms with Crippen LogP contribution < -0.4 is 10.1 Å². The highest BCUT2D eigenvalue weighted by molar-refractivity contribution is 5.56. The van der Waals surface area contributed by atoms with Gasteiger partial charge in [0.05, 0.1) is 12.3 Å². The second-order valence-electron chi connectivity index (χ2n) is 5.27. The molecule has 2 heteroatoms. The first-order chi connectivity index (χ1) is 8.83. The number of hydrogen-bond acceptors (Lipinski definition) is 2. The standard InChI is InChI=1S/C16H25NO/c1-3-11-18-16-8-6-5-7-15(16)17-14-10-9-13(4-2)12-14/h5-8,13-14,17H,3-4,9-12H2,1-2H3. The summed E-state index contributed by atoms with van der Waals surface area (Å²) in [6, 6.07) is 8.93. The zero-order valence-corrected chi connectivity index (χ0v) is 11.6. The van der Waals surface area contributed by atoms with E-state index in [1.165, 1.54) is 25.7 Å². The van der Waals surface area contributed by atoms with Gasteiger partial charge in [-0.1, -0.05) is 32.4 Å². The van der Waals surface area contributed by atoms with Crippen LogP contribution >= 0.6 is 0 Å². The molecule has 1 aliphatic carbocycles. The molecule has 2 atom stereocenters. The third-order valence-corrected chi connectivity index (χ3v) is 3.83. The quantitative estimate of drug-likeness (QED) is 0.801. The third-order valence-electron chi connectivity index (χ3n) is 3.83. The summed E-state index contributed by atoms with van der Waals surface area (Å²) >= 11 is 0. The maximum absolute atomic E-state index is 5.79. The van der Waals surface area contributed by atoms with Gasteiger partial charge < -0.3 is 10.1 Å². The highest BCUT2D eigenvalue weighted by Gasteiger charge is 2.23. The van der Waals surface area contributed by atoms with E-state index in [0.29, 0.717) is 6.04 Å². The maximum atomic E-state index is 5.79. The van der Waals surface area contributed by atoms with Crippen molar-refractivity contribution in [3.8, 4) is 5.75 Å². The van der Waals surface area contributed by atoms with Crippen LogP contribution in [0.3, 0.4) is 0 Å². The minimum atomic E-state index is 0.626. The number of hydrogen-bond donors (Lipinski definition) is 1. The van der Waals surface area contributed by atoms with E-state index in [4.69, 9.17) is 4.74 Å². The molecular formula is C16H25NO. The van der Waals surface area contributed by atoms with Crippen LogP contribution in [0, 0.1) is 5.92 Å². The van der Waals surface area contributed by atoms with Crippen molar-refractivity contribution in [2.75, 3.05) is 11.9 Å². The van der Waals surface area contributed by atoms with Crippen molar-refractivity contribution >= 4 is 5.69 Å². The average molecular weight is 247 g/mol. The zero-order chi connectivity index (χ0) is 12.8. The van der Waals surface area contributed by atoms with E-state index < -0.39 is 0 Å². The third kappa shape index (κ3) is 3.41. The normalized spacial score (nSPS) is 23.0. The molecule has 18 heavy (non-hydrogen) atoms. The lowest BCUT2D eigenvalue weighted by Gasteiger charge is -2.17. The minimum Gasteiger partial charge on any atom is -0.491 e. The lowest BCUT2D eigenvalue weighted by atomic mass is 10.1. The second-order valence-corrected chi connectivity index (χ2v) is 5.27. The fraction of sp³-hybridized carbons (Fsp3) is 0.625. The zero-order valence-electron chi connectivity index (χ0n) is 11.6. The molecule has 0 radical (unpaired) electrons. The van der Waals surface area contributed by atoms with Crippen LogP contribution in [0.4, 0.5) is 5.69 Å². The van der Waals surface area contributed by atoms with Crippen LogP contribution in [-0.4, -0.2) is 12.6 Å². The fourth-order valence-corrected chi connectivity index (χ4v) is 2.72. The van der Waals surface area contributed by atoms with Gasteiger partial charge in [0, 0.05) is 6.04 Å². The minimum absolute atomic E-state index is 0.626. The monoisotopic (exact) mass is 247 g/mol. The van der Waals surface area contributed by atoms with Crippen LogP contribution in [0.1, 0.15) is 46.0 Å². The lowest BCUT2D eigenvalue weighted by molar-refractivity contribution is 0.318. The van der Waals surface area contributed by atoms with E-state index in [-0.39, 0.29) is 0 Å². The number of nitrogens with one attached hydrogen (secondary N) is 1. The Hall–Kier alpha value is -1.18. The highest BCUT2D eigenvalue weighted by Crippen LogP contribution is 2.32. The van der Waals surface area contributed by atoms with Crippen LogP contribution in [-0.2, 0) is 0 Å². The van der Waals surface area contributed by atoms with E-state index >= 15 is 0 Å². The van der Waals surface area contributed by atoms with Gasteiger partial charge in [0.1, 0.15) is 5.75 Å². The molecule has 0 amide bonds. The van der Waals surface area contributed by atoms with Gasteiger partial charge in [0.15, 0.2) is 0 Å². The molecule has 2 nitrogen and oxygen atoms in total. The predicted molar refractivity (Wildman–Crippen MR) is 77.3 cm³/mol. The molecule has 1 fully saturated rings. The first-order valence-corrected chi connectivity index (χ1v) is 7.31. The molecular weight excluding hydrogens is 222 g/mol. The van der Waals surface area contributed by atoms with Crippen LogP contribution in [0.5, 0.6) is 5.75 Å². The summed E-state index contributed by atoms with van der Waals surface area (Å²) in [4.78, 5) is 0. The van der Waals surface area contributed by atoms with Gasteiger partial charge in [-0.05, 0) is 43.7 Å². The number of benzene rings is 1. The molecule has 0 aliphatic heterocycles. The predicted octanol–water partition coefficient (Wildman–Crippen LogP) is 4.47. The van der Waals surface area contributed by atoms with Crippen molar-refractivity contribution in [3.05, 3.63) is 24.3 Å². The van der Waals surface area contributed by atoms with Crippen molar-refractivity contribution in [1.82, 2.24) is 0 Å².